The first-order valence-electron chi connectivity index (χ1n) is 5.50. The van der Waals surface area contributed by atoms with Crippen LogP contribution in [0.5, 0.6) is 0 Å². The van der Waals surface area contributed by atoms with Crippen molar-refractivity contribution in [3.63, 3.8) is 0 Å². The molecule has 0 radical (unpaired) electrons. The summed E-state index contributed by atoms with van der Waals surface area (Å²) in [7, 11) is -2.87. The number of hydrogen-bond donors (Lipinski definition) is 0. The molecular formula is C12H16Br2O2S. The average Bonchev–Trinajstić information content (AvgIpc) is 2.32. The molecule has 1 atom stereocenters. The molecule has 2 nitrogen and oxygen atoms in total. The van der Waals surface area contributed by atoms with Gasteiger partial charge in [-0.25, -0.2) is 8.42 Å². The highest BCUT2D eigenvalue weighted by Gasteiger charge is 2.15. The van der Waals surface area contributed by atoms with E-state index in [1.807, 2.05) is 24.3 Å². The number of alkyl halides is 1. The van der Waals surface area contributed by atoms with Gasteiger partial charge >= 0.3 is 0 Å². The number of sulfone groups is 1. The summed E-state index contributed by atoms with van der Waals surface area (Å²) >= 11 is 6.85. The molecule has 0 fully saturated rings. The van der Waals surface area contributed by atoms with Crippen LogP contribution in [-0.4, -0.2) is 25.3 Å². The van der Waals surface area contributed by atoms with E-state index >= 15 is 0 Å². The maximum Gasteiger partial charge on any atom is 0.150 e. The summed E-state index contributed by atoms with van der Waals surface area (Å²) in [5.74, 6) is 0.738. The van der Waals surface area contributed by atoms with E-state index in [9.17, 15) is 8.42 Å². The van der Waals surface area contributed by atoms with Gasteiger partial charge in [-0.05, 0) is 30.0 Å². The van der Waals surface area contributed by atoms with Crippen molar-refractivity contribution < 1.29 is 8.42 Å². The molecule has 0 aliphatic carbocycles. The Kier molecular flexibility index (Phi) is 6.17. The summed E-state index contributed by atoms with van der Waals surface area (Å²) in [4.78, 5) is 0. The Morgan fingerprint density at radius 3 is 2.29 bits per heavy atom. The summed E-state index contributed by atoms with van der Waals surface area (Å²) in [5.41, 5.74) is 1.18. The molecule has 1 unspecified atom stereocenters. The molecule has 0 saturated heterocycles. The van der Waals surface area contributed by atoms with E-state index in [2.05, 4.69) is 31.9 Å². The lowest BCUT2D eigenvalue weighted by atomic mass is 9.99. The van der Waals surface area contributed by atoms with Gasteiger partial charge in [0.15, 0.2) is 0 Å². The van der Waals surface area contributed by atoms with Crippen molar-refractivity contribution in [2.24, 2.45) is 0 Å². The Balaban J connectivity index is 2.69. The standard InChI is InChI=1S/C12H16Br2O2S/c1-2-17(15,16)8-7-11(9-13)10-3-5-12(14)6-4-10/h3-6,11H,2,7-9H2,1H3. The monoisotopic (exact) mass is 382 g/mol. The van der Waals surface area contributed by atoms with Crippen molar-refractivity contribution in [2.75, 3.05) is 16.8 Å². The van der Waals surface area contributed by atoms with Crippen LogP contribution in [0.1, 0.15) is 24.8 Å². The molecule has 0 heterocycles. The third-order valence-corrected chi connectivity index (χ3v) is 5.79. The van der Waals surface area contributed by atoms with E-state index in [0.717, 1.165) is 9.80 Å². The summed E-state index contributed by atoms with van der Waals surface area (Å²) in [5, 5.41) is 0.786. The summed E-state index contributed by atoms with van der Waals surface area (Å²) in [6.07, 6.45) is 0.670. The first kappa shape index (κ1) is 15.2. The second-order valence-electron chi connectivity index (χ2n) is 3.93. The lowest BCUT2D eigenvalue weighted by Crippen LogP contribution is -2.13. The van der Waals surface area contributed by atoms with Crippen molar-refractivity contribution in [1.82, 2.24) is 0 Å². The summed E-state index contributed by atoms with van der Waals surface area (Å²) in [6, 6.07) is 8.04. The number of halogens is 2. The predicted octanol–water partition coefficient (Wildman–Crippen LogP) is 3.75. The Morgan fingerprint density at radius 2 is 1.82 bits per heavy atom. The molecule has 96 valence electrons. The summed E-state index contributed by atoms with van der Waals surface area (Å²) < 4.78 is 24.0. The van der Waals surface area contributed by atoms with Crippen LogP contribution in [0.3, 0.4) is 0 Å². The zero-order chi connectivity index (χ0) is 12.9. The number of benzene rings is 1. The minimum atomic E-state index is -2.87. The smallest absolute Gasteiger partial charge is 0.150 e. The van der Waals surface area contributed by atoms with Gasteiger partial charge in [-0.1, -0.05) is 50.9 Å². The first-order valence-corrected chi connectivity index (χ1v) is 9.24. The van der Waals surface area contributed by atoms with Crippen molar-refractivity contribution in [3.8, 4) is 0 Å². The van der Waals surface area contributed by atoms with Crippen molar-refractivity contribution in [2.45, 2.75) is 19.3 Å². The SMILES string of the molecule is CCS(=O)(=O)CCC(CBr)c1ccc(Br)cc1. The Morgan fingerprint density at radius 1 is 1.24 bits per heavy atom. The second-order valence-corrected chi connectivity index (χ2v) is 7.96. The highest BCUT2D eigenvalue weighted by Crippen LogP contribution is 2.24. The molecule has 0 aliphatic rings. The fourth-order valence-corrected chi connectivity index (χ4v) is 3.43. The third kappa shape index (κ3) is 5.10. The number of hydrogen-bond acceptors (Lipinski definition) is 2. The van der Waals surface area contributed by atoms with Crippen molar-refractivity contribution >= 4 is 41.7 Å². The zero-order valence-corrected chi connectivity index (χ0v) is 13.7. The molecule has 5 heteroatoms. The van der Waals surface area contributed by atoms with Crippen LogP contribution in [0.15, 0.2) is 28.7 Å². The van der Waals surface area contributed by atoms with E-state index in [1.54, 1.807) is 6.92 Å². The molecule has 0 N–H and O–H groups in total. The van der Waals surface area contributed by atoms with Gasteiger partial charge in [0.05, 0.1) is 5.75 Å². The molecule has 1 aromatic carbocycles. The molecule has 0 aliphatic heterocycles. The van der Waals surface area contributed by atoms with Gasteiger partial charge in [0, 0.05) is 15.6 Å². The third-order valence-electron chi connectivity index (χ3n) is 2.74. The maximum absolute atomic E-state index is 11.5. The van der Waals surface area contributed by atoms with Gasteiger partial charge in [0.1, 0.15) is 9.84 Å². The summed E-state index contributed by atoms with van der Waals surface area (Å²) in [6.45, 7) is 1.69. The van der Waals surface area contributed by atoms with Crippen LogP contribution in [0.2, 0.25) is 0 Å². The fraction of sp³-hybridized carbons (Fsp3) is 0.500. The largest absolute Gasteiger partial charge is 0.229 e. The Hall–Kier alpha value is 0.130. The van der Waals surface area contributed by atoms with Gasteiger partial charge in [0.25, 0.3) is 0 Å². The molecule has 0 bridgehead atoms. The first-order chi connectivity index (χ1) is 7.98. The van der Waals surface area contributed by atoms with Crippen molar-refractivity contribution in [3.05, 3.63) is 34.3 Å². The van der Waals surface area contributed by atoms with Crippen LogP contribution < -0.4 is 0 Å². The van der Waals surface area contributed by atoms with Crippen LogP contribution in [0.25, 0.3) is 0 Å². The van der Waals surface area contributed by atoms with E-state index in [0.29, 0.717) is 6.42 Å². The van der Waals surface area contributed by atoms with Gasteiger partial charge in [-0.15, -0.1) is 0 Å². The quantitative estimate of drug-likeness (QED) is 0.701. The molecule has 0 amide bonds. The molecule has 17 heavy (non-hydrogen) atoms. The molecule has 1 aromatic rings. The molecular weight excluding hydrogens is 368 g/mol. The molecule has 0 aromatic heterocycles. The van der Waals surface area contributed by atoms with Crippen LogP contribution >= 0.6 is 31.9 Å². The Bertz CT molecular complexity index is 440. The van der Waals surface area contributed by atoms with Gasteiger partial charge in [-0.3, -0.25) is 0 Å². The highest BCUT2D eigenvalue weighted by atomic mass is 79.9. The van der Waals surface area contributed by atoms with Crippen LogP contribution in [0, 0.1) is 0 Å². The fourth-order valence-electron chi connectivity index (χ4n) is 1.53. The highest BCUT2D eigenvalue weighted by molar-refractivity contribution is 9.10. The van der Waals surface area contributed by atoms with Gasteiger partial charge in [0.2, 0.25) is 0 Å². The molecule has 0 spiro atoms. The topological polar surface area (TPSA) is 34.1 Å². The molecule has 0 saturated carbocycles. The average molecular weight is 384 g/mol. The van der Waals surface area contributed by atoms with Crippen molar-refractivity contribution in [1.29, 1.82) is 0 Å². The predicted molar refractivity (Wildman–Crippen MR) is 79.6 cm³/mol. The normalized spacial score (nSPS) is 13.6. The van der Waals surface area contributed by atoms with E-state index in [1.165, 1.54) is 5.56 Å². The second kappa shape index (κ2) is 6.90. The zero-order valence-electron chi connectivity index (χ0n) is 9.70. The van der Waals surface area contributed by atoms with E-state index in [-0.39, 0.29) is 17.4 Å². The molecule has 1 rings (SSSR count). The van der Waals surface area contributed by atoms with Gasteiger partial charge in [-0.2, -0.15) is 0 Å². The van der Waals surface area contributed by atoms with Gasteiger partial charge < -0.3 is 0 Å². The lowest BCUT2D eigenvalue weighted by molar-refractivity contribution is 0.590. The number of rotatable bonds is 6. The maximum atomic E-state index is 11.5. The van der Waals surface area contributed by atoms with E-state index < -0.39 is 9.84 Å². The minimum absolute atomic E-state index is 0.225. The van der Waals surface area contributed by atoms with Crippen LogP contribution in [0.4, 0.5) is 0 Å². The Labute approximate surface area is 120 Å². The van der Waals surface area contributed by atoms with E-state index in [4.69, 9.17) is 0 Å². The van der Waals surface area contributed by atoms with Crippen LogP contribution in [-0.2, 0) is 9.84 Å². The lowest BCUT2D eigenvalue weighted by Gasteiger charge is -2.14. The minimum Gasteiger partial charge on any atom is -0.229 e.